The Morgan fingerprint density at radius 1 is 1.54 bits per heavy atom. The lowest BCUT2D eigenvalue weighted by Crippen LogP contribution is -2.16. The van der Waals surface area contributed by atoms with Gasteiger partial charge in [0.05, 0.1) is 0 Å². The highest BCUT2D eigenvalue weighted by Gasteiger charge is 2.31. The highest BCUT2D eigenvalue weighted by Crippen LogP contribution is 2.38. The maximum Gasteiger partial charge on any atom is 0.129 e. The minimum Gasteiger partial charge on any atom is -0.487 e. The molecule has 3 heteroatoms. The van der Waals surface area contributed by atoms with Gasteiger partial charge >= 0.3 is 0 Å². The van der Waals surface area contributed by atoms with Crippen LogP contribution in [0.15, 0.2) is 18.2 Å². The second-order valence-electron chi connectivity index (χ2n) is 3.19. The summed E-state index contributed by atoms with van der Waals surface area (Å²) in [6.45, 7) is 1.99. The fraction of sp³-hybridized carbons (Fsp3) is 0.400. The highest BCUT2D eigenvalue weighted by molar-refractivity contribution is 6.30. The van der Waals surface area contributed by atoms with Crippen molar-refractivity contribution in [2.24, 2.45) is 0 Å². The number of hydrogen-bond donors (Lipinski definition) is 1. The zero-order chi connectivity index (χ0) is 9.42. The van der Waals surface area contributed by atoms with Gasteiger partial charge in [-0.05, 0) is 18.6 Å². The predicted molar refractivity (Wildman–Crippen MR) is 51.1 cm³/mol. The molecule has 0 saturated carbocycles. The van der Waals surface area contributed by atoms with Crippen LogP contribution in [0, 0.1) is 0 Å². The molecule has 1 aromatic rings. The maximum absolute atomic E-state index is 9.76. The fourth-order valence-electron chi connectivity index (χ4n) is 1.59. The van der Waals surface area contributed by atoms with Gasteiger partial charge in [0.15, 0.2) is 0 Å². The van der Waals surface area contributed by atoms with Gasteiger partial charge in [0.1, 0.15) is 18.0 Å². The molecule has 0 spiro atoms. The number of benzene rings is 1. The SMILES string of the molecule is CCC1Oc2cc(Cl)ccc2C1O. The first-order valence-corrected chi connectivity index (χ1v) is 4.74. The van der Waals surface area contributed by atoms with Gasteiger partial charge in [-0.3, -0.25) is 0 Å². The van der Waals surface area contributed by atoms with E-state index in [0.717, 1.165) is 12.0 Å². The van der Waals surface area contributed by atoms with Crippen LogP contribution in [-0.4, -0.2) is 11.2 Å². The van der Waals surface area contributed by atoms with Crippen molar-refractivity contribution >= 4 is 11.6 Å². The summed E-state index contributed by atoms with van der Waals surface area (Å²) in [6, 6.07) is 5.33. The number of aliphatic hydroxyl groups is 1. The Morgan fingerprint density at radius 3 is 3.00 bits per heavy atom. The monoisotopic (exact) mass is 198 g/mol. The molecule has 2 nitrogen and oxygen atoms in total. The molecule has 13 heavy (non-hydrogen) atoms. The molecular weight excluding hydrogens is 188 g/mol. The van der Waals surface area contributed by atoms with E-state index in [0.29, 0.717) is 10.8 Å². The molecule has 0 radical (unpaired) electrons. The third-order valence-electron chi connectivity index (χ3n) is 2.33. The second kappa shape index (κ2) is 3.20. The predicted octanol–water partition coefficient (Wildman–Crippen LogP) is 2.54. The van der Waals surface area contributed by atoms with Gasteiger partial charge < -0.3 is 9.84 Å². The first-order chi connectivity index (χ1) is 6.22. The van der Waals surface area contributed by atoms with Gasteiger partial charge in [-0.25, -0.2) is 0 Å². The maximum atomic E-state index is 9.76. The summed E-state index contributed by atoms with van der Waals surface area (Å²) in [5, 5.41) is 10.4. The van der Waals surface area contributed by atoms with Crippen molar-refractivity contribution in [3.05, 3.63) is 28.8 Å². The van der Waals surface area contributed by atoms with E-state index < -0.39 is 6.10 Å². The van der Waals surface area contributed by atoms with Crippen LogP contribution < -0.4 is 4.74 Å². The van der Waals surface area contributed by atoms with Crippen LogP contribution >= 0.6 is 11.6 Å². The quantitative estimate of drug-likeness (QED) is 0.752. The second-order valence-corrected chi connectivity index (χ2v) is 3.63. The minimum atomic E-state index is -0.503. The molecule has 2 rings (SSSR count). The fourth-order valence-corrected chi connectivity index (χ4v) is 1.75. The Bertz CT molecular complexity index is 325. The number of halogens is 1. The Kier molecular flexibility index (Phi) is 2.18. The van der Waals surface area contributed by atoms with Crippen molar-refractivity contribution in [1.82, 2.24) is 0 Å². The minimum absolute atomic E-state index is 0.117. The average molecular weight is 199 g/mol. The van der Waals surface area contributed by atoms with Crippen LogP contribution in [0.1, 0.15) is 25.0 Å². The topological polar surface area (TPSA) is 29.5 Å². The lowest BCUT2D eigenvalue weighted by atomic mass is 10.1. The number of aliphatic hydroxyl groups excluding tert-OH is 1. The van der Waals surface area contributed by atoms with Crippen molar-refractivity contribution < 1.29 is 9.84 Å². The molecule has 1 heterocycles. The first kappa shape index (κ1) is 8.85. The van der Waals surface area contributed by atoms with Gasteiger partial charge in [0.25, 0.3) is 0 Å². The van der Waals surface area contributed by atoms with Crippen LogP contribution in [0.5, 0.6) is 5.75 Å². The molecule has 2 atom stereocenters. The average Bonchev–Trinajstić information content (AvgIpc) is 2.42. The normalized spacial score (nSPS) is 25.5. The van der Waals surface area contributed by atoms with Crippen LogP contribution in [0.2, 0.25) is 5.02 Å². The standard InChI is InChI=1S/C10H11ClO2/c1-2-8-10(12)7-4-3-6(11)5-9(7)13-8/h3-5,8,10,12H,2H2,1H3. The summed E-state index contributed by atoms with van der Waals surface area (Å²) in [6.07, 6.45) is 0.179. The van der Waals surface area contributed by atoms with Crippen molar-refractivity contribution in [1.29, 1.82) is 0 Å². The number of fused-ring (bicyclic) bond motifs is 1. The Labute approximate surface area is 82.1 Å². The summed E-state index contributed by atoms with van der Waals surface area (Å²) in [4.78, 5) is 0. The summed E-state index contributed by atoms with van der Waals surface area (Å²) in [7, 11) is 0. The van der Waals surface area contributed by atoms with E-state index in [9.17, 15) is 5.11 Å². The third kappa shape index (κ3) is 1.40. The van der Waals surface area contributed by atoms with Crippen molar-refractivity contribution in [2.75, 3.05) is 0 Å². The summed E-state index contributed by atoms with van der Waals surface area (Å²) >= 11 is 5.80. The zero-order valence-electron chi connectivity index (χ0n) is 7.33. The van der Waals surface area contributed by atoms with E-state index >= 15 is 0 Å². The molecule has 0 bridgehead atoms. The summed E-state index contributed by atoms with van der Waals surface area (Å²) in [5.74, 6) is 0.715. The molecule has 1 aliphatic rings. The Morgan fingerprint density at radius 2 is 2.31 bits per heavy atom. The van der Waals surface area contributed by atoms with Crippen LogP contribution in [0.4, 0.5) is 0 Å². The number of hydrogen-bond acceptors (Lipinski definition) is 2. The van der Waals surface area contributed by atoms with Crippen LogP contribution in [0.3, 0.4) is 0 Å². The van der Waals surface area contributed by atoms with E-state index in [-0.39, 0.29) is 6.10 Å². The molecule has 0 aromatic heterocycles. The molecule has 0 aliphatic carbocycles. The van der Waals surface area contributed by atoms with E-state index in [1.807, 2.05) is 13.0 Å². The van der Waals surface area contributed by atoms with E-state index in [2.05, 4.69) is 0 Å². The lowest BCUT2D eigenvalue weighted by molar-refractivity contribution is 0.0653. The lowest BCUT2D eigenvalue weighted by Gasteiger charge is -2.10. The molecule has 2 unspecified atom stereocenters. The third-order valence-corrected chi connectivity index (χ3v) is 2.56. The van der Waals surface area contributed by atoms with Gasteiger partial charge in [-0.2, -0.15) is 0 Å². The molecule has 0 saturated heterocycles. The molecule has 1 N–H and O–H groups in total. The van der Waals surface area contributed by atoms with Gasteiger partial charge in [0.2, 0.25) is 0 Å². The Hall–Kier alpha value is -0.730. The highest BCUT2D eigenvalue weighted by atomic mass is 35.5. The Balaban J connectivity index is 2.38. The van der Waals surface area contributed by atoms with Crippen molar-refractivity contribution in [3.8, 4) is 5.75 Å². The summed E-state index contributed by atoms with van der Waals surface area (Å²) < 4.78 is 5.51. The van der Waals surface area contributed by atoms with Gasteiger partial charge in [-0.1, -0.05) is 24.6 Å². The van der Waals surface area contributed by atoms with Crippen LogP contribution in [-0.2, 0) is 0 Å². The molecule has 70 valence electrons. The zero-order valence-corrected chi connectivity index (χ0v) is 8.08. The van der Waals surface area contributed by atoms with E-state index in [1.165, 1.54) is 0 Å². The van der Waals surface area contributed by atoms with Crippen molar-refractivity contribution in [3.63, 3.8) is 0 Å². The molecule has 1 aromatic carbocycles. The molecule has 0 amide bonds. The summed E-state index contributed by atoms with van der Waals surface area (Å²) in [5.41, 5.74) is 0.844. The number of ether oxygens (including phenoxy) is 1. The van der Waals surface area contributed by atoms with Gasteiger partial charge in [0, 0.05) is 10.6 Å². The van der Waals surface area contributed by atoms with Crippen LogP contribution in [0.25, 0.3) is 0 Å². The molecular formula is C10H11ClO2. The largest absolute Gasteiger partial charge is 0.487 e. The first-order valence-electron chi connectivity index (χ1n) is 4.36. The van der Waals surface area contributed by atoms with Gasteiger partial charge in [-0.15, -0.1) is 0 Å². The molecule has 1 aliphatic heterocycles. The molecule has 0 fully saturated rings. The van der Waals surface area contributed by atoms with E-state index in [4.69, 9.17) is 16.3 Å². The number of rotatable bonds is 1. The smallest absolute Gasteiger partial charge is 0.129 e. The van der Waals surface area contributed by atoms with E-state index in [1.54, 1.807) is 12.1 Å². The van der Waals surface area contributed by atoms with Crippen molar-refractivity contribution in [2.45, 2.75) is 25.6 Å².